The summed E-state index contributed by atoms with van der Waals surface area (Å²) < 4.78 is 96.9. The van der Waals surface area contributed by atoms with E-state index in [4.69, 9.17) is 0 Å². The molecule has 4 aliphatic carbocycles. The summed E-state index contributed by atoms with van der Waals surface area (Å²) in [6.45, 7) is 12.1. The molecule has 3 saturated carbocycles. The molecule has 3 aromatic carbocycles. The molecular weight excluding hydrogens is 844 g/mol. The molecule has 1 atom stereocenters. The van der Waals surface area contributed by atoms with Gasteiger partial charge < -0.3 is 15.1 Å². The molecule has 16 heteroatoms. The van der Waals surface area contributed by atoms with Gasteiger partial charge in [-0.1, -0.05) is 50.1 Å². The van der Waals surface area contributed by atoms with E-state index in [1.165, 1.54) is 56.0 Å². The summed E-state index contributed by atoms with van der Waals surface area (Å²) >= 11 is 1.45. The Morgan fingerprint density at radius 2 is 1.56 bits per heavy atom. The number of halogens is 3. The maximum atomic E-state index is 14.1. The van der Waals surface area contributed by atoms with Gasteiger partial charge in [-0.05, 0) is 136 Å². The van der Waals surface area contributed by atoms with Crippen LogP contribution in [-0.2, 0) is 19.9 Å². The average Bonchev–Trinajstić information content (AvgIpc) is 3.17. The van der Waals surface area contributed by atoms with Crippen LogP contribution in [0.5, 0.6) is 0 Å². The Hall–Kier alpha value is -3.57. The van der Waals surface area contributed by atoms with Crippen LogP contribution in [-0.4, -0.2) is 103 Å². The lowest BCUT2D eigenvalue weighted by Gasteiger charge is -2.72. The number of piperazine rings is 1. The van der Waals surface area contributed by atoms with Crippen molar-refractivity contribution in [2.75, 3.05) is 69.3 Å². The Morgan fingerprint density at radius 1 is 0.902 bits per heavy atom. The highest BCUT2D eigenvalue weighted by molar-refractivity contribution is 7.99. The van der Waals surface area contributed by atoms with Gasteiger partial charge in [0.05, 0.1) is 10.6 Å². The standard InChI is InChI=1S/C45H58F3N5O5S3/c1-42(2)19-17-38(44-29-43(3,30-44)31-44)33(26-42)27-52-21-23-53(24-22-52)35-13-11-32(12-14-35)41(54)50-61(57,58)37-15-16-39(40(25-37)60(55,56)45(46,47)48)49-34(18-20-51(4)5)28-59-36-9-7-6-8-10-36/h6-16,25,34,49H,17-24,26-31H2,1-5H3,(H,50,54)/t34-,43?,44?/m1/s1. The fourth-order valence-corrected chi connectivity index (χ4v) is 13.0. The largest absolute Gasteiger partial charge is 0.501 e. The first-order chi connectivity index (χ1) is 28.6. The van der Waals surface area contributed by atoms with Gasteiger partial charge in [-0.25, -0.2) is 21.6 Å². The average molecular weight is 902 g/mol. The Kier molecular flexibility index (Phi) is 12.8. The molecule has 5 aliphatic rings. The van der Waals surface area contributed by atoms with E-state index in [0.717, 1.165) is 61.9 Å². The van der Waals surface area contributed by atoms with Crippen LogP contribution in [0.4, 0.5) is 24.5 Å². The van der Waals surface area contributed by atoms with Crippen LogP contribution in [0.25, 0.3) is 0 Å². The molecule has 332 valence electrons. The number of sulfone groups is 1. The number of sulfonamides is 1. The third-order valence-electron chi connectivity index (χ3n) is 13.0. The number of amides is 1. The number of hydrogen-bond donors (Lipinski definition) is 2. The quantitative estimate of drug-likeness (QED) is 0.107. The van der Waals surface area contributed by atoms with E-state index in [1.54, 1.807) is 23.3 Å². The van der Waals surface area contributed by atoms with E-state index in [2.05, 4.69) is 35.9 Å². The molecule has 0 radical (unpaired) electrons. The summed E-state index contributed by atoms with van der Waals surface area (Å²) in [4.78, 5) is 18.8. The molecule has 2 N–H and O–H groups in total. The van der Waals surface area contributed by atoms with E-state index in [1.807, 2.05) is 54.0 Å². The van der Waals surface area contributed by atoms with Gasteiger partial charge in [0.1, 0.15) is 4.90 Å². The van der Waals surface area contributed by atoms with Crippen LogP contribution >= 0.6 is 11.8 Å². The number of rotatable bonds is 16. The van der Waals surface area contributed by atoms with Crippen molar-refractivity contribution in [2.24, 2.45) is 16.2 Å². The van der Waals surface area contributed by atoms with Crippen molar-refractivity contribution in [3.63, 3.8) is 0 Å². The number of nitrogens with zero attached hydrogens (tertiary/aromatic N) is 3. The van der Waals surface area contributed by atoms with Crippen LogP contribution < -0.4 is 14.9 Å². The first-order valence-corrected chi connectivity index (χ1v) is 24.9. The number of alkyl halides is 3. The molecule has 3 aromatic rings. The van der Waals surface area contributed by atoms with Crippen LogP contribution in [0.15, 0.2) is 98.6 Å². The van der Waals surface area contributed by atoms with E-state index in [-0.39, 0.29) is 5.56 Å². The SMILES string of the molecule is CN(C)CC[C@H](CSc1ccccc1)Nc1ccc(S(=O)(=O)NC(=O)c2ccc(N3CCN(CC4=C(C56CC(C)(C5)C6)CCC(C)(C)C4)CC3)cc2)cc1S(=O)(=O)C(F)(F)F. The minimum Gasteiger partial charge on any atom is -0.380 e. The Morgan fingerprint density at radius 3 is 2.16 bits per heavy atom. The van der Waals surface area contributed by atoms with Crippen molar-refractivity contribution >= 4 is 48.9 Å². The second-order valence-electron chi connectivity index (χ2n) is 19.0. The van der Waals surface area contributed by atoms with Gasteiger partial charge in [-0.2, -0.15) is 13.2 Å². The Labute approximate surface area is 363 Å². The molecule has 1 aliphatic heterocycles. The molecule has 0 unspecified atom stereocenters. The smallest absolute Gasteiger partial charge is 0.380 e. The van der Waals surface area contributed by atoms with Gasteiger partial charge in [0.2, 0.25) is 0 Å². The van der Waals surface area contributed by atoms with Crippen molar-refractivity contribution in [2.45, 2.75) is 92.0 Å². The number of nitrogens with one attached hydrogen (secondary N) is 2. The van der Waals surface area contributed by atoms with Crippen molar-refractivity contribution in [1.29, 1.82) is 0 Å². The highest BCUT2D eigenvalue weighted by Crippen LogP contribution is 2.77. The molecule has 4 fully saturated rings. The van der Waals surface area contributed by atoms with Crippen LogP contribution in [0.3, 0.4) is 0 Å². The monoisotopic (exact) mass is 901 g/mol. The highest BCUT2D eigenvalue weighted by Gasteiger charge is 2.66. The van der Waals surface area contributed by atoms with E-state index >= 15 is 0 Å². The van der Waals surface area contributed by atoms with E-state index in [0.29, 0.717) is 41.0 Å². The summed E-state index contributed by atoms with van der Waals surface area (Å²) in [5, 5.41) is 2.95. The summed E-state index contributed by atoms with van der Waals surface area (Å²) in [5.41, 5.74) is -0.447. The summed E-state index contributed by atoms with van der Waals surface area (Å²) in [6.07, 6.45) is 8.11. The van der Waals surface area contributed by atoms with Gasteiger partial charge >= 0.3 is 5.51 Å². The lowest BCUT2D eigenvalue weighted by Crippen LogP contribution is -2.61. The van der Waals surface area contributed by atoms with Gasteiger partial charge in [0, 0.05) is 60.7 Å². The van der Waals surface area contributed by atoms with Crippen LogP contribution in [0, 0.1) is 16.2 Å². The molecule has 1 heterocycles. The fraction of sp³-hybridized carbons (Fsp3) is 0.533. The minimum absolute atomic E-state index is 0.0221. The number of allylic oxidation sites excluding steroid dienone is 1. The van der Waals surface area contributed by atoms with Gasteiger partial charge in [-0.15, -0.1) is 11.8 Å². The first-order valence-electron chi connectivity index (χ1n) is 21.0. The van der Waals surface area contributed by atoms with Crippen LogP contribution in [0.2, 0.25) is 0 Å². The minimum atomic E-state index is -6.02. The van der Waals surface area contributed by atoms with E-state index in [9.17, 15) is 34.8 Å². The number of benzene rings is 3. The zero-order valence-corrected chi connectivity index (χ0v) is 38.1. The second kappa shape index (κ2) is 17.2. The van der Waals surface area contributed by atoms with E-state index < -0.39 is 52.8 Å². The lowest BCUT2D eigenvalue weighted by molar-refractivity contribution is -0.166. The predicted molar refractivity (Wildman–Crippen MR) is 236 cm³/mol. The predicted octanol–water partition coefficient (Wildman–Crippen LogP) is 8.44. The Bertz CT molecular complexity index is 2330. The highest BCUT2D eigenvalue weighted by atomic mass is 32.2. The molecular formula is C45H58F3N5O5S3. The number of thioether (sulfide) groups is 1. The van der Waals surface area contributed by atoms with Gasteiger partial charge in [0.15, 0.2) is 0 Å². The van der Waals surface area contributed by atoms with Gasteiger partial charge in [-0.3, -0.25) is 9.69 Å². The molecule has 1 saturated heterocycles. The molecule has 1 amide bonds. The molecule has 0 spiro atoms. The van der Waals surface area contributed by atoms with Crippen molar-refractivity contribution < 1.29 is 34.8 Å². The first kappa shape index (κ1) is 45.5. The summed E-state index contributed by atoms with van der Waals surface area (Å²) in [5.74, 6) is -0.621. The van der Waals surface area contributed by atoms with Crippen LogP contribution in [0.1, 0.15) is 76.1 Å². The fourth-order valence-electron chi connectivity index (χ4n) is 10.00. The maximum absolute atomic E-state index is 14.1. The Balaban J connectivity index is 1.01. The number of carbonyl (C=O) groups excluding carboxylic acids is 1. The molecule has 2 bridgehead atoms. The lowest BCUT2D eigenvalue weighted by atomic mass is 9.33. The second-order valence-corrected chi connectivity index (χ2v) is 23.6. The third kappa shape index (κ3) is 10.1. The third-order valence-corrected chi connectivity index (χ3v) is 17.0. The van der Waals surface area contributed by atoms with Crippen molar-refractivity contribution in [1.82, 2.24) is 14.5 Å². The number of hydrogen-bond acceptors (Lipinski definition) is 10. The molecule has 8 rings (SSSR count). The van der Waals surface area contributed by atoms with Crippen molar-refractivity contribution in [3.05, 3.63) is 89.5 Å². The van der Waals surface area contributed by atoms with Crippen molar-refractivity contribution in [3.8, 4) is 0 Å². The molecule has 0 aromatic heterocycles. The molecule has 61 heavy (non-hydrogen) atoms. The number of anilines is 2. The molecule has 10 nitrogen and oxygen atoms in total. The zero-order chi connectivity index (χ0) is 44.0. The summed E-state index contributed by atoms with van der Waals surface area (Å²) in [6, 6.07) is 17.8. The zero-order valence-electron chi connectivity index (χ0n) is 35.6. The normalized spacial score (nSPS) is 23.6. The number of carbonyl (C=O) groups is 1. The maximum Gasteiger partial charge on any atom is 0.501 e. The van der Waals surface area contributed by atoms with Gasteiger partial charge in [0.25, 0.3) is 25.8 Å². The topological polar surface area (TPSA) is 119 Å². The summed E-state index contributed by atoms with van der Waals surface area (Å²) in [7, 11) is -7.15.